The second-order valence-corrected chi connectivity index (χ2v) is 11.5. The first-order valence-electron chi connectivity index (χ1n) is 11.6. The standard InChI is InChI=1S/C24H22F2N8O2S/c1-23(2)14-7-9-24(23,20-13(14)11-17(31-32-20)19-15(25)5-4-6-16(19)26)18-8-10-28-21(30-18)34-12-29-22(33-34)37(35,36)27-3/h4-6,8,10-12,14,27H,7,9H2,1-3H3/t14-,24+/m0/s1. The summed E-state index contributed by atoms with van der Waals surface area (Å²) in [4.78, 5) is 12.9. The van der Waals surface area contributed by atoms with E-state index in [1.54, 1.807) is 18.3 Å². The molecule has 0 aliphatic heterocycles. The van der Waals surface area contributed by atoms with Crippen molar-refractivity contribution in [1.82, 2.24) is 39.7 Å². The smallest absolute Gasteiger partial charge is 0.220 e. The molecule has 0 amide bonds. The fraction of sp³-hybridized carbons (Fsp3) is 0.333. The molecular formula is C24H22F2N8O2S. The van der Waals surface area contributed by atoms with Crippen molar-refractivity contribution < 1.29 is 17.2 Å². The van der Waals surface area contributed by atoms with Crippen LogP contribution >= 0.6 is 0 Å². The highest BCUT2D eigenvalue weighted by atomic mass is 32.2. The lowest BCUT2D eigenvalue weighted by molar-refractivity contribution is 0.242. The van der Waals surface area contributed by atoms with E-state index in [4.69, 9.17) is 4.98 Å². The van der Waals surface area contributed by atoms with Gasteiger partial charge in [-0.05, 0) is 61.1 Å². The Bertz CT molecular complexity index is 1650. The van der Waals surface area contributed by atoms with Crippen molar-refractivity contribution in [3.8, 4) is 17.2 Å². The summed E-state index contributed by atoms with van der Waals surface area (Å²) in [6, 6.07) is 7.26. The Morgan fingerprint density at radius 3 is 2.59 bits per heavy atom. The molecule has 2 bridgehead atoms. The van der Waals surface area contributed by atoms with Crippen molar-refractivity contribution in [3.63, 3.8) is 0 Å². The molecular weight excluding hydrogens is 502 g/mol. The van der Waals surface area contributed by atoms with Gasteiger partial charge in [-0.25, -0.2) is 36.9 Å². The zero-order valence-corrected chi connectivity index (χ0v) is 21.0. The summed E-state index contributed by atoms with van der Waals surface area (Å²) >= 11 is 0. The van der Waals surface area contributed by atoms with Crippen LogP contribution in [0.15, 0.2) is 48.0 Å². The molecule has 1 saturated carbocycles. The zero-order chi connectivity index (χ0) is 26.2. The van der Waals surface area contributed by atoms with E-state index in [1.807, 2.05) is 0 Å². The molecule has 10 nitrogen and oxygen atoms in total. The third kappa shape index (κ3) is 3.20. The molecule has 4 aromatic rings. The Morgan fingerprint density at radius 2 is 1.86 bits per heavy atom. The van der Waals surface area contributed by atoms with E-state index >= 15 is 0 Å². The number of nitrogens with one attached hydrogen (secondary N) is 1. The first-order chi connectivity index (χ1) is 17.6. The Balaban J connectivity index is 1.48. The Morgan fingerprint density at radius 1 is 1.11 bits per heavy atom. The van der Waals surface area contributed by atoms with Crippen LogP contribution in [0.25, 0.3) is 17.2 Å². The molecule has 0 unspecified atom stereocenters. The molecule has 6 rings (SSSR count). The van der Waals surface area contributed by atoms with Gasteiger partial charge in [-0.3, -0.25) is 0 Å². The predicted octanol–water partition coefficient (Wildman–Crippen LogP) is 2.90. The van der Waals surface area contributed by atoms with Crippen LogP contribution in [0.5, 0.6) is 0 Å². The Hall–Kier alpha value is -3.71. The van der Waals surface area contributed by atoms with E-state index in [0.717, 1.165) is 24.1 Å². The third-order valence-corrected chi connectivity index (χ3v) is 9.07. The number of nitrogens with zero attached hydrogens (tertiary/aromatic N) is 7. The van der Waals surface area contributed by atoms with Gasteiger partial charge in [-0.2, -0.15) is 9.78 Å². The van der Waals surface area contributed by atoms with E-state index in [-0.39, 0.29) is 28.5 Å². The SMILES string of the molecule is CNS(=O)(=O)c1ncn(-c2nccc([C@]34CC[C@@H](c5cc(-c6c(F)cccc6F)nnc53)C4(C)C)n2)n1. The predicted molar refractivity (Wildman–Crippen MR) is 127 cm³/mol. The number of hydrogen-bond acceptors (Lipinski definition) is 8. The first kappa shape index (κ1) is 23.7. The van der Waals surface area contributed by atoms with E-state index in [1.165, 1.54) is 36.3 Å². The Kier molecular flexibility index (Phi) is 5.05. The topological polar surface area (TPSA) is 128 Å². The number of rotatable bonds is 5. The van der Waals surface area contributed by atoms with Gasteiger partial charge >= 0.3 is 0 Å². The van der Waals surface area contributed by atoms with Gasteiger partial charge in [0.1, 0.15) is 18.0 Å². The highest BCUT2D eigenvalue weighted by molar-refractivity contribution is 7.89. The highest BCUT2D eigenvalue weighted by Gasteiger charge is 2.65. The van der Waals surface area contributed by atoms with Crippen LogP contribution in [0, 0.1) is 17.0 Å². The van der Waals surface area contributed by atoms with Crippen molar-refractivity contribution in [2.45, 2.75) is 43.2 Å². The number of sulfonamides is 1. The summed E-state index contributed by atoms with van der Waals surface area (Å²) in [5, 5.41) is 12.4. The third-order valence-electron chi connectivity index (χ3n) is 7.87. The molecule has 1 N–H and O–H groups in total. The molecule has 2 aliphatic carbocycles. The minimum atomic E-state index is -3.83. The van der Waals surface area contributed by atoms with Crippen LogP contribution in [-0.2, 0) is 15.4 Å². The number of aromatic nitrogens is 7. The quantitative estimate of drug-likeness (QED) is 0.422. The lowest BCUT2D eigenvalue weighted by Crippen LogP contribution is -2.38. The van der Waals surface area contributed by atoms with Crippen LogP contribution in [0.3, 0.4) is 0 Å². The van der Waals surface area contributed by atoms with Gasteiger partial charge in [-0.15, -0.1) is 10.2 Å². The summed E-state index contributed by atoms with van der Waals surface area (Å²) in [5.74, 6) is -1.16. The maximum Gasteiger partial charge on any atom is 0.282 e. The minimum absolute atomic E-state index is 0.0729. The average molecular weight is 525 g/mol. The normalized spacial score (nSPS) is 21.8. The maximum absolute atomic E-state index is 14.5. The maximum atomic E-state index is 14.5. The molecule has 3 heterocycles. The van der Waals surface area contributed by atoms with E-state index in [0.29, 0.717) is 5.69 Å². The van der Waals surface area contributed by atoms with E-state index in [2.05, 4.69) is 43.8 Å². The molecule has 13 heteroatoms. The molecule has 37 heavy (non-hydrogen) atoms. The largest absolute Gasteiger partial charge is 0.282 e. The molecule has 1 aromatic carbocycles. The fourth-order valence-corrected chi connectivity index (χ4v) is 6.58. The molecule has 0 radical (unpaired) electrons. The summed E-state index contributed by atoms with van der Waals surface area (Å²) in [7, 11) is -2.56. The zero-order valence-electron chi connectivity index (χ0n) is 20.1. The first-order valence-corrected chi connectivity index (χ1v) is 13.1. The molecule has 190 valence electrons. The van der Waals surface area contributed by atoms with Gasteiger partial charge in [0.25, 0.3) is 21.1 Å². The molecule has 1 fully saturated rings. The Labute approximate surface area is 211 Å². The lowest BCUT2D eigenvalue weighted by atomic mass is 9.66. The van der Waals surface area contributed by atoms with Crippen LogP contribution in [0.2, 0.25) is 0 Å². The number of fused-ring (bicyclic) bond motifs is 5. The number of benzene rings is 1. The molecule has 2 aliphatic rings. The average Bonchev–Trinajstić information content (AvgIpc) is 3.53. The van der Waals surface area contributed by atoms with Crippen LogP contribution < -0.4 is 4.72 Å². The molecule has 0 saturated heterocycles. The second-order valence-electron chi connectivity index (χ2n) is 9.77. The highest BCUT2D eigenvalue weighted by Crippen LogP contribution is 2.69. The summed E-state index contributed by atoms with van der Waals surface area (Å²) < 4.78 is 56.5. The van der Waals surface area contributed by atoms with Crippen LogP contribution in [0.4, 0.5) is 8.78 Å². The second kappa shape index (κ2) is 7.89. The van der Waals surface area contributed by atoms with Gasteiger partial charge in [0.05, 0.1) is 28.1 Å². The van der Waals surface area contributed by atoms with Gasteiger partial charge in [-0.1, -0.05) is 19.9 Å². The number of halogens is 2. The van der Waals surface area contributed by atoms with Crippen LogP contribution in [0.1, 0.15) is 49.6 Å². The molecule has 3 aromatic heterocycles. The van der Waals surface area contributed by atoms with Crippen molar-refractivity contribution in [2.24, 2.45) is 5.41 Å². The van der Waals surface area contributed by atoms with E-state index in [9.17, 15) is 17.2 Å². The van der Waals surface area contributed by atoms with Crippen molar-refractivity contribution in [2.75, 3.05) is 7.05 Å². The van der Waals surface area contributed by atoms with Crippen molar-refractivity contribution in [1.29, 1.82) is 0 Å². The van der Waals surface area contributed by atoms with E-state index < -0.39 is 32.2 Å². The monoisotopic (exact) mass is 524 g/mol. The van der Waals surface area contributed by atoms with Gasteiger partial charge < -0.3 is 0 Å². The molecule has 2 atom stereocenters. The van der Waals surface area contributed by atoms with Crippen molar-refractivity contribution >= 4 is 10.0 Å². The van der Waals surface area contributed by atoms with Crippen LogP contribution in [-0.4, -0.2) is 50.4 Å². The minimum Gasteiger partial charge on any atom is -0.220 e. The van der Waals surface area contributed by atoms with Gasteiger partial charge in [0, 0.05) is 6.20 Å². The lowest BCUT2D eigenvalue weighted by Gasteiger charge is -2.37. The fourth-order valence-electron chi connectivity index (χ4n) is 6.01. The van der Waals surface area contributed by atoms with Gasteiger partial charge in [0.2, 0.25) is 0 Å². The van der Waals surface area contributed by atoms with Crippen molar-refractivity contribution in [3.05, 3.63) is 71.4 Å². The molecule has 0 spiro atoms. The van der Waals surface area contributed by atoms with Gasteiger partial charge in [0.15, 0.2) is 0 Å². The summed E-state index contributed by atoms with van der Waals surface area (Å²) in [6.07, 6.45) is 4.39. The summed E-state index contributed by atoms with van der Waals surface area (Å²) in [6.45, 7) is 4.26. The summed E-state index contributed by atoms with van der Waals surface area (Å²) in [5.41, 5.74) is 1.27. The number of hydrogen-bond donors (Lipinski definition) is 1.